The van der Waals surface area contributed by atoms with Gasteiger partial charge in [-0.2, -0.15) is 4.98 Å². The van der Waals surface area contributed by atoms with Gasteiger partial charge in [0.05, 0.1) is 6.61 Å². The average molecular weight is 372 g/mol. The van der Waals surface area contributed by atoms with Crippen LogP contribution in [0.2, 0.25) is 0 Å². The van der Waals surface area contributed by atoms with Crippen molar-refractivity contribution in [2.75, 3.05) is 13.2 Å². The van der Waals surface area contributed by atoms with Crippen molar-refractivity contribution in [3.05, 3.63) is 60.1 Å². The van der Waals surface area contributed by atoms with Crippen molar-refractivity contribution in [3.8, 4) is 11.6 Å². The third-order valence-corrected chi connectivity index (χ3v) is 3.68. The summed E-state index contributed by atoms with van der Waals surface area (Å²) >= 11 is 0. The van der Waals surface area contributed by atoms with E-state index in [1.54, 1.807) is 43.3 Å². The zero-order valence-electron chi connectivity index (χ0n) is 15.8. The summed E-state index contributed by atoms with van der Waals surface area (Å²) in [5, 5.41) is 10.4. The van der Waals surface area contributed by atoms with Crippen LogP contribution >= 0.6 is 0 Å². The second-order valence-corrected chi connectivity index (χ2v) is 5.97. The van der Waals surface area contributed by atoms with Crippen LogP contribution in [-0.2, 0) is 21.7 Å². The fraction of sp³-hybridized carbons (Fsp3) is 0.350. The van der Waals surface area contributed by atoms with Gasteiger partial charge in [0, 0.05) is 11.8 Å². The lowest BCUT2D eigenvalue weighted by atomic mass is 9.96. The minimum absolute atomic E-state index is 0.153. The molecule has 0 spiro atoms. The van der Waals surface area contributed by atoms with Crippen LogP contribution in [0.1, 0.15) is 30.9 Å². The number of ether oxygens (including phenoxy) is 3. The Bertz CT molecular complexity index is 787. The van der Waals surface area contributed by atoms with Gasteiger partial charge in [-0.05, 0) is 38.5 Å². The number of nitrogens with zero attached hydrogens (tertiary/aromatic N) is 2. The third-order valence-electron chi connectivity index (χ3n) is 3.68. The van der Waals surface area contributed by atoms with Gasteiger partial charge in [-0.3, -0.25) is 0 Å². The number of aryl methyl sites for hydroxylation is 1. The summed E-state index contributed by atoms with van der Waals surface area (Å²) in [5.74, 6) is 0.800. The molecule has 1 unspecified atom stereocenters. The van der Waals surface area contributed by atoms with Crippen LogP contribution in [0.15, 0.2) is 43.0 Å². The quantitative estimate of drug-likeness (QED) is 0.534. The summed E-state index contributed by atoms with van der Waals surface area (Å²) in [6.07, 6.45) is 1.64. The highest BCUT2D eigenvalue weighted by Crippen LogP contribution is 2.25. The fourth-order valence-electron chi connectivity index (χ4n) is 2.29. The molecule has 0 amide bonds. The Morgan fingerprint density at radius 2 is 1.96 bits per heavy atom. The first-order valence-electron chi connectivity index (χ1n) is 8.58. The Hall–Kier alpha value is -2.93. The molecule has 0 saturated carbocycles. The molecule has 2 aromatic rings. The SMILES string of the molecule is C=CCOc1cc(C)nc(COc2ccc(C(C)(O)C(=O)OCC)cc2)n1. The molecule has 0 saturated heterocycles. The number of carbonyl (C=O) groups excluding carboxylic acids is 1. The maximum Gasteiger partial charge on any atom is 0.342 e. The van der Waals surface area contributed by atoms with E-state index in [2.05, 4.69) is 16.5 Å². The van der Waals surface area contributed by atoms with Crippen molar-refractivity contribution in [2.45, 2.75) is 33.0 Å². The number of hydrogen-bond donors (Lipinski definition) is 1. The maximum absolute atomic E-state index is 11.9. The third kappa shape index (κ3) is 5.52. The molecule has 0 aliphatic heterocycles. The van der Waals surface area contributed by atoms with E-state index in [1.807, 2.05) is 6.92 Å². The topological polar surface area (TPSA) is 90.8 Å². The molecule has 7 nitrogen and oxygen atoms in total. The molecule has 1 aromatic heterocycles. The fourth-order valence-corrected chi connectivity index (χ4v) is 2.29. The average Bonchev–Trinajstić information content (AvgIpc) is 2.65. The van der Waals surface area contributed by atoms with E-state index >= 15 is 0 Å². The first-order valence-corrected chi connectivity index (χ1v) is 8.58. The molecular weight excluding hydrogens is 348 g/mol. The molecule has 0 fully saturated rings. The highest BCUT2D eigenvalue weighted by molar-refractivity contribution is 5.80. The molecule has 1 atom stereocenters. The summed E-state index contributed by atoms with van der Waals surface area (Å²) in [6, 6.07) is 8.28. The van der Waals surface area contributed by atoms with Crippen LogP contribution in [0.3, 0.4) is 0 Å². The van der Waals surface area contributed by atoms with Crippen LogP contribution < -0.4 is 9.47 Å². The molecule has 27 heavy (non-hydrogen) atoms. The minimum atomic E-state index is -1.72. The van der Waals surface area contributed by atoms with Crippen molar-refractivity contribution in [2.24, 2.45) is 0 Å². The molecule has 1 aromatic carbocycles. The summed E-state index contributed by atoms with van der Waals surface area (Å²) in [7, 11) is 0. The molecule has 0 aliphatic rings. The number of esters is 1. The Labute approximate surface area is 158 Å². The molecule has 144 valence electrons. The van der Waals surface area contributed by atoms with Crippen LogP contribution in [0.25, 0.3) is 0 Å². The largest absolute Gasteiger partial charge is 0.486 e. The summed E-state index contributed by atoms with van der Waals surface area (Å²) in [6.45, 7) is 9.24. The predicted octanol–water partition coefficient (Wildman–Crippen LogP) is 2.70. The van der Waals surface area contributed by atoms with E-state index in [-0.39, 0.29) is 13.2 Å². The monoisotopic (exact) mass is 372 g/mol. The van der Waals surface area contributed by atoms with Crippen LogP contribution in [0.4, 0.5) is 0 Å². The lowest BCUT2D eigenvalue weighted by Crippen LogP contribution is -2.34. The van der Waals surface area contributed by atoms with Crippen LogP contribution in [0.5, 0.6) is 11.6 Å². The maximum atomic E-state index is 11.9. The molecule has 2 rings (SSSR count). The summed E-state index contributed by atoms with van der Waals surface area (Å²) in [5.41, 5.74) is -0.533. The molecule has 1 heterocycles. The van der Waals surface area contributed by atoms with Gasteiger partial charge < -0.3 is 19.3 Å². The van der Waals surface area contributed by atoms with Crippen LogP contribution in [-0.4, -0.2) is 34.3 Å². The van der Waals surface area contributed by atoms with Gasteiger partial charge in [-0.25, -0.2) is 9.78 Å². The molecular formula is C20H24N2O5. The molecule has 1 N–H and O–H groups in total. The Morgan fingerprint density at radius 1 is 1.26 bits per heavy atom. The Morgan fingerprint density at radius 3 is 2.59 bits per heavy atom. The van der Waals surface area contributed by atoms with Crippen molar-refractivity contribution in [1.82, 2.24) is 9.97 Å². The standard InChI is InChI=1S/C20H24N2O5/c1-5-11-26-18-12-14(3)21-17(22-18)13-27-16-9-7-15(8-10-16)20(4,24)19(23)25-6-2/h5,7-10,12,24H,1,6,11,13H2,2-4H3. The van der Waals surface area contributed by atoms with E-state index in [0.29, 0.717) is 29.6 Å². The number of benzene rings is 1. The van der Waals surface area contributed by atoms with E-state index in [9.17, 15) is 9.90 Å². The number of hydrogen-bond acceptors (Lipinski definition) is 7. The van der Waals surface area contributed by atoms with Gasteiger partial charge in [0.25, 0.3) is 0 Å². The number of carbonyl (C=O) groups is 1. The highest BCUT2D eigenvalue weighted by atomic mass is 16.5. The minimum Gasteiger partial charge on any atom is -0.486 e. The van der Waals surface area contributed by atoms with Gasteiger partial charge in [0.1, 0.15) is 19.0 Å². The van der Waals surface area contributed by atoms with Gasteiger partial charge in [-0.15, -0.1) is 0 Å². The van der Waals surface area contributed by atoms with Crippen molar-refractivity contribution < 1.29 is 24.1 Å². The molecule has 0 bridgehead atoms. The molecule has 0 aliphatic carbocycles. The van der Waals surface area contributed by atoms with Crippen molar-refractivity contribution >= 4 is 5.97 Å². The summed E-state index contributed by atoms with van der Waals surface area (Å²) < 4.78 is 16.0. The van der Waals surface area contributed by atoms with Crippen molar-refractivity contribution in [3.63, 3.8) is 0 Å². The second-order valence-electron chi connectivity index (χ2n) is 5.97. The number of aromatic nitrogens is 2. The normalized spacial score (nSPS) is 12.7. The summed E-state index contributed by atoms with van der Waals surface area (Å²) in [4.78, 5) is 20.5. The second kappa shape index (κ2) is 9.14. The smallest absolute Gasteiger partial charge is 0.342 e. The van der Waals surface area contributed by atoms with Gasteiger partial charge in [0.2, 0.25) is 5.88 Å². The highest BCUT2D eigenvalue weighted by Gasteiger charge is 2.33. The first-order chi connectivity index (χ1) is 12.9. The zero-order chi connectivity index (χ0) is 19.9. The lowest BCUT2D eigenvalue weighted by molar-refractivity contribution is -0.164. The number of aliphatic hydroxyl groups is 1. The van der Waals surface area contributed by atoms with Crippen LogP contribution in [0, 0.1) is 6.92 Å². The zero-order valence-corrected chi connectivity index (χ0v) is 15.8. The van der Waals surface area contributed by atoms with Crippen molar-refractivity contribution in [1.29, 1.82) is 0 Å². The molecule has 0 radical (unpaired) electrons. The Kier molecular flexibility index (Phi) is 6.90. The predicted molar refractivity (Wildman–Crippen MR) is 99.4 cm³/mol. The first kappa shape index (κ1) is 20.4. The molecule has 7 heteroatoms. The van der Waals surface area contributed by atoms with Gasteiger partial charge in [0.15, 0.2) is 11.4 Å². The van der Waals surface area contributed by atoms with E-state index < -0.39 is 11.6 Å². The number of rotatable bonds is 9. The van der Waals surface area contributed by atoms with Gasteiger partial charge >= 0.3 is 5.97 Å². The van der Waals surface area contributed by atoms with E-state index in [4.69, 9.17) is 14.2 Å². The lowest BCUT2D eigenvalue weighted by Gasteiger charge is -2.21. The Balaban J connectivity index is 2.04. The van der Waals surface area contributed by atoms with E-state index in [1.165, 1.54) is 6.92 Å². The van der Waals surface area contributed by atoms with Gasteiger partial charge in [-0.1, -0.05) is 24.8 Å². The van der Waals surface area contributed by atoms with E-state index in [0.717, 1.165) is 5.69 Å².